The molecule has 6 nitrogen and oxygen atoms in total. The molecule has 0 N–H and O–H groups in total. The van der Waals surface area contributed by atoms with Crippen molar-refractivity contribution in [2.75, 3.05) is 37.8 Å². The Hall–Kier alpha value is -2.08. The minimum atomic E-state index is -0.324. The number of benzene rings is 1. The second-order valence-electron chi connectivity index (χ2n) is 6.73. The molecule has 128 valence electrons. The maximum atomic E-state index is 12.9. The van der Waals surface area contributed by atoms with Crippen molar-refractivity contribution in [1.82, 2.24) is 4.90 Å². The fraction of sp³-hybridized carbons (Fsp3) is 0.556. The normalized spacial score (nSPS) is 23.4. The van der Waals surface area contributed by atoms with E-state index in [2.05, 4.69) is 0 Å². The number of ether oxygens (including phenoxy) is 2. The van der Waals surface area contributed by atoms with Crippen LogP contribution in [-0.2, 0) is 9.47 Å². The van der Waals surface area contributed by atoms with E-state index < -0.39 is 0 Å². The number of carbonyl (C=O) groups is 2. The molecule has 2 amide bonds. The Balaban J connectivity index is 1.46. The SMILES string of the molecule is O=C1OCCN1c1ccc(C(=O)N(C[C@@H]2CCOC2)C2CC2)cc1. The Morgan fingerprint density at radius 2 is 1.96 bits per heavy atom. The van der Waals surface area contributed by atoms with Crippen molar-refractivity contribution in [2.45, 2.75) is 25.3 Å². The number of hydrogen-bond donors (Lipinski definition) is 0. The van der Waals surface area contributed by atoms with Gasteiger partial charge in [-0.3, -0.25) is 9.69 Å². The number of amides is 2. The van der Waals surface area contributed by atoms with Gasteiger partial charge in [-0.15, -0.1) is 0 Å². The Bertz CT molecular complexity index is 620. The van der Waals surface area contributed by atoms with Gasteiger partial charge in [0.1, 0.15) is 6.61 Å². The van der Waals surface area contributed by atoms with E-state index in [0.29, 0.717) is 30.7 Å². The number of hydrogen-bond acceptors (Lipinski definition) is 4. The van der Waals surface area contributed by atoms with Crippen molar-refractivity contribution < 1.29 is 19.1 Å². The first kappa shape index (κ1) is 15.4. The molecule has 2 heterocycles. The standard InChI is InChI=1S/C18H22N2O4/c21-17(20(16-5-6-16)11-13-7-9-23-12-13)14-1-3-15(4-2-14)19-8-10-24-18(19)22/h1-4,13,16H,5-12H2/t13-/m0/s1. The van der Waals surface area contributed by atoms with Crippen molar-refractivity contribution in [3.8, 4) is 0 Å². The molecule has 3 fully saturated rings. The molecule has 0 bridgehead atoms. The van der Waals surface area contributed by atoms with Gasteiger partial charge in [0.25, 0.3) is 5.91 Å². The first-order chi connectivity index (χ1) is 11.7. The van der Waals surface area contributed by atoms with Crippen LogP contribution < -0.4 is 4.90 Å². The summed E-state index contributed by atoms with van der Waals surface area (Å²) in [5, 5.41) is 0. The van der Waals surface area contributed by atoms with Gasteiger partial charge in [0.05, 0.1) is 13.2 Å². The highest BCUT2D eigenvalue weighted by Gasteiger charge is 2.35. The fourth-order valence-electron chi connectivity index (χ4n) is 3.37. The first-order valence-corrected chi connectivity index (χ1v) is 8.65. The van der Waals surface area contributed by atoms with Gasteiger partial charge < -0.3 is 14.4 Å². The molecule has 3 aliphatic rings. The van der Waals surface area contributed by atoms with Crippen LogP contribution in [0, 0.1) is 5.92 Å². The summed E-state index contributed by atoms with van der Waals surface area (Å²) in [6.07, 6.45) is 2.90. The summed E-state index contributed by atoms with van der Waals surface area (Å²) in [6.45, 7) is 3.31. The van der Waals surface area contributed by atoms with E-state index in [9.17, 15) is 9.59 Å². The molecule has 1 atom stereocenters. The van der Waals surface area contributed by atoms with Crippen LogP contribution in [0.15, 0.2) is 24.3 Å². The summed E-state index contributed by atoms with van der Waals surface area (Å²) >= 11 is 0. The van der Waals surface area contributed by atoms with Crippen molar-refractivity contribution in [3.05, 3.63) is 29.8 Å². The molecule has 4 rings (SSSR count). The third-order valence-corrected chi connectivity index (χ3v) is 4.91. The fourth-order valence-corrected chi connectivity index (χ4v) is 3.37. The molecule has 1 aromatic carbocycles. The maximum Gasteiger partial charge on any atom is 0.414 e. The predicted molar refractivity (Wildman–Crippen MR) is 88.1 cm³/mol. The number of cyclic esters (lactones) is 1. The highest BCUT2D eigenvalue weighted by Crippen LogP contribution is 2.31. The predicted octanol–water partition coefficient (Wildman–Crippen LogP) is 2.28. The van der Waals surface area contributed by atoms with Gasteiger partial charge in [-0.2, -0.15) is 0 Å². The lowest BCUT2D eigenvalue weighted by Crippen LogP contribution is -2.37. The monoisotopic (exact) mass is 330 g/mol. The quantitative estimate of drug-likeness (QED) is 0.831. The van der Waals surface area contributed by atoms with E-state index in [-0.39, 0.29) is 12.0 Å². The largest absolute Gasteiger partial charge is 0.447 e. The summed E-state index contributed by atoms with van der Waals surface area (Å²) in [6, 6.07) is 7.65. The molecule has 24 heavy (non-hydrogen) atoms. The van der Waals surface area contributed by atoms with Gasteiger partial charge in [0.2, 0.25) is 0 Å². The molecule has 0 spiro atoms. The Morgan fingerprint density at radius 1 is 1.17 bits per heavy atom. The lowest BCUT2D eigenvalue weighted by Gasteiger charge is -2.25. The molecule has 0 unspecified atom stereocenters. The van der Waals surface area contributed by atoms with Gasteiger partial charge in [-0.05, 0) is 43.5 Å². The van der Waals surface area contributed by atoms with E-state index >= 15 is 0 Å². The van der Waals surface area contributed by atoms with E-state index in [1.807, 2.05) is 29.2 Å². The van der Waals surface area contributed by atoms with E-state index in [1.54, 1.807) is 4.90 Å². The molecule has 1 saturated carbocycles. The van der Waals surface area contributed by atoms with Crippen LogP contribution in [0.25, 0.3) is 0 Å². The molecule has 2 aliphatic heterocycles. The molecular weight excluding hydrogens is 308 g/mol. The Morgan fingerprint density at radius 3 is 2.54 bits per heavy atom. The summed E-state index contributed by atoms with van der Waals surface area (Å²) in [4.78, 5) is 28.1. The van der Waals surface area contributed by atoms with Crippen LogP contribution in [0.1, 0.15) is 29.6 Å². The minimum Gasteiger partial charge on any atom is -0.447 e. The van der Waals surface area contributed by atoms with Gasteiger partial charge >= 0.3 is 6.09 Å². The van der Waals surface area contributed by atoms with E-state index in [1.165, 1.54) is 0 Å². The molecule has 1 aromatic rings. The number of anilines is 1. The first-order valence-electron chi connectivity index (χ1n) is 8.65. The van der Waals surface area contributed by atoms with Gasteiger partial charge in [-0.1, -0.05) is 0 Å². The second-order valence-corrected chi connectivity index (χ2v) is 6.73. The summed E-state index contributed by atoms with van der Waals surface area (Å²) in [5.41, 5.74) is 1.45. The van der Waals surface area contributed by atoms with Gasteiger partial charge in [0.15, 0.2) is 0 Å². The van der Waals surface area contributed by atoms with Crippen LogP contribution in [0.4, 0.5) is 10.5 Å². The smallest absolute Gasteiger partial charge is 0.414 e. The number of rotatable bonds is 5. The van der Waals surface area contributed by atoms with Crippen molar-refractivity contribution in [3.63, 3.8) is 0 Å². The third-order valence-electron chi connectivity index (χ3n) is 4.91. The van der Waals surface area contributed by atoms with Crippen LogP contribution in [-0.4, -0.2) is 55.9 Å². The average Bonchev–Trinajstić information content (AvgIpc) is 3.14. The van der Waals surface area contributed by atoms with Crippen LogP contribution in [0.5, 0.6) is 0 Å². The second kappa shape index (κ2) is 6.43. The Labute approximate surface area is 141 Å². The molecule has 6 heteroatoms. The molecule has 0 aromatic heterocycles. The molecule has 2 saturated heterocycles. The lowest BCUT2D eigenvalue weighted by molar-refractivity contribution is 0.0706. The molecule has 0 radical (unpaired) electrons. The van der Waals surface area contributed by atoms with Crippen molar-refractivity contribution >= 4 is 17.7 Å². The average molecular weight is 330 g/mol. The highest BCUT2D eigenvalue weighted by atomic mass is 16.6. The van der Waals surface area contributed by atoms with Crippen LogP contribution in [0.3, 0.4) is 0 Å². The maximum absolute atomic E-state index is 12.9. The summed E-state index contributed by atoms with van der Waals surface area (Å²) in [5.74, 6) is 0.535. The van der Waals surface area contributed by atoms with E-state index in [0.717, 1.165) is 44.7 Å². The highest BCUT2D eigenvalue weighted by molar-refractivity contribution is 5.96. The van der Waals surface area contributed by atoms with Gasteiger partial charge in [0, 0.05) is 36.4 Å². The lowest BCUT2D eigenvalue weighted by atomic mass is 10.1. The number of nitrogens with zero attached hydrogens (tertiary/aromatic N) is 2. The molecule has 1 aliphatic carbocycles. The number of carbonyl (C=O) groups excluding carboxylic acids is 2. The molecular formula is C18H22N2O4. The van der Waals surface area contributed by atoms with Gasteiger partial charge in [-0.25, -0.2) is 4.79 Å². The van der Waals surface area contributed by atoms with E-state index in [4.69, 9.17) is 9.47 Å². The summed E-state index contributed by atoms with van der Waals surface area (Å²) < 4.78 is 10.4. The zero-order chi connectivity index (χ0) is 16.5. The minimum absolute atomic E-state index is 0.0833. The zero-order valence-corrected chi connectivity index (χ0v) is 13.6. The topological polar surface area (TPSA) is 59.1 Å². The van der Waals surface area contributed by atoms with Crippen molar-refractivity contribution in [1.29, 1.82) is 0 Å². The zero-order valence-electron chi connectivity index (χ0n) is 13.6. The summed E-state index contributed by atoms with van der Waals surface area (Å²) in [7, 11) is 0. The Kier molecular flexibility index (Phi) is 4.14. The van der Waals surface area contributed by atoms with Crippen LogP contribution >= 0.6 is 0 Å². The van der Waals surface area contributed by atoms with Crippen LogP contribution in [0.2, 0.25) is 0 Å². The van der Waals surface area contributed by atoms with Crippen molar-refractivity contribution in [2.24, 2.45) is 5.92 Å². The third kappa shape index (κ3) is 3.11.